The number of nitrogens with zero attached hydrogens (tertiary/aromatic N) is 2. The monoisotopic (exact) mass is 487 g/mol. The van der Waals surface area contributed by atoms with Gasteiger partial charge >= 0.3 is 0 Å². The van der Waals surface area contributed by atoms with E-state index in [9.17, 15) is 18.5 Å². The molecule has 1 saturated heterocycles. The lowest BCUT2D eigenvalue weighted by molar-refractivity contribution is -0.120. The quantitative estimate of drug-likeness (QED) is 0.626. The van der Waals surface area contributed by atoms with Gasteiger partial charge in [-0.3, -0.25) is 4.79 Å². The predicted molar refractivity (Wildman–Crippen MR) is 126 cm³/mol. The summed E-state index contributed by atoms with van der Waals surface area (Å²) in [6, 6.07) is 14.3. The molecule has 7 nitrogen and oxygen atoms in total. The van der Waals surface area contributed by atoms with Gasteiger partial charge in [-0.15, -0.1) is 0 Å². The molecule has 0 atom stereocenters. The molecule has 2 aromatic rings. The first kappa shape index (κ1) is 23.6. The molecule has 2 aliphatic rings. The molecule has 1 aliphatic carbocycles. The predicted octanol–water partition coefficient (Wildman–Crippen LogP) is 4.33. The van der Waals surface area contributed by atoms with E-state index in [0.29, 0.717) is 30.2 Å². The van der Waals surface area contributed by atoms with E-state index in [4.69, 9.17) is 16.3 Å². The summed E-state index contributed by atoms with van der Waals surface area (Å²) >= 11 is 6.04. The molecule has 1 amide bonds. The molecule has 4 rings (SSSR count). The van der Waals surface area contributed by atoms with Crippen LogP contribution in [-0.2, 0) is 20.2 Å². The van der Waals surface area contributed by atoms with E-state index >= 15 is 0 Å². The van der Waals surface area contributed by atoms with Crippen LogP contribution in [-0.4, -0.2) is 38.3 Å². The van der Waals surface area contributed by atoms with Crippen LogP contribution in [0.15, 0.2) is 47.4 Å². The van der Waals surface area contributed by atoms with E-state index in [1.54, 1.807) is 19.1 Å². The van der Waals surface area contributed by atoms with Crippen LogP contribution in [0.1, 0.15) is 38.2 Å². The summed E-state index contributed by atoms with van der Waals surface area (Å²) in [5, 5.41) is 12.6. The molecular weight excluding hydrogens is 462 g/mol. The lowest BCUT2D eigenvalue weighted by Crippen LogP contribution is -2.41. The second-order valence-corrected chi connectivity index (χ2v) is 10.8. The first-order chi connectivity index (χ1) is 15.8. The summed E-state index contributed by atoms with van der Waals surface area (Å²) in [7, 11) is -3.79. The molecule has 1 aliphatic heterocycles. The highest BCUT2D eigenvalue weighted by atomic mass is 35.5. The second-order valence-electron chi connectivity index (χ2n) is 8.46. The van der Waals surface area contributed by atoms with Crippen LogP contribution in [0.25, 0.3) is 0 Å². The maximum Gasteiger partial charge on any atom is 0.246 e. The van der Waals surface area contributed by atoms with E-state index in [1.165, 1.54) is 10.4 Å². The fourth-order valence-corrected chi connectivity index (χ4v) is 6.03. The molecule has 0 radical (unpaired) electrons. The van der Waals surface area contributed by atoms with Gasteiger partial charge in [-0.2, -0.15) is 9.57 Å². The van der Waals surface area contributed by atoms with Gasteiger partial charge in [0, 0.05) is 29.7 Å². The zero-order valence-electron chi connectivity index (χ0n) is 18.4. The van der Waals surface area contributed by atoms with Crippen molar-refractivity contribution in [1.29, 1.82) is 5.26 Å². The molecule has 33 heavy (non-hydrogen) atoms. The largest absolute Gasteiger partial charge is 0.492 e. The Kier molecular flexibility index (Phi) is 6.66. The van der Waals surface area contributed by atoms with Crippen LogP contribution in [0.2, 0.25) is 5.02 Å². The number of carbonyl (C=O) groups is 1. The minimum atomic E-state index is -3.79. The first-order valence-corrected chi connectivity index (χ1v) is 12.9. The summed E-state index contributed by atoms with van der Waals surface area (Å²) in [6.07, 6.45) is 2.59. The van der Waals surface area contributed by atoms with Gasteiger partial charge in [0.05, 0.1) is 18.1 Å². The summed E-state index contributed by atoms with van der Waals surface area (Å²) in [5.74, 6) is -0.135. The van der Waals surface area contributed by atoms with Gasteiger partial charge in [0.25, 0.3) is 0 Å². The first-order valence-electron chi connectivity index (χ1n) is 11.0. The van der Waals surface area contributed by atoms with Crippen LogP contribution in [0.3, 0.4) is 0 Å². The molecule has 0 aromatic heterocycles. The van der Waals surface area contributed by atoms with Crippen molar-refractivity contribution in [3.05, 3.63) is 53.1 Å². The van der Waals surface area contributed by atoms with Crippen LogP contribution < -0.4 is 10.1 Å². The highest BCUT2D eigenvalue weighted by Gasteiger charge is 2.44. The van der Waals surface area contributed by atoms with E-state index in [0.717, 1.165) is 18.4 Å². The molecule has 2 aromatic carbocycles. The van der Waals surface area contributed by atoms with E-state index < -0.39 is 10.0 Å². The second kappa shape index (κ2) is 9.34. The third-order valence-corrected chi connectivity index (χ3v) is 8.47. The fourth-order valence-electron chi connectivity index (χ4n) is 4.16. The standard InChI is InChI=1S/C24H26ClN3O4S/c1-2-32-21-8-5-19(25)15-22(21)33(30,31)28-13-9-17(10-14-28)23(29)27-20-6-3-18(4-7-20)24(16-26)11-12-24/h3-8,15,17H,2,9-14H2,1H3,(H,27,29). The van der Waals surface area contributed by atoms with E-state index in [-0.39, 0.29) is 41.0 Å². The Morgan fingerprint density at radius 2 is 1.88 bits per heavy atom. The fraction of sp³-hybridized carbons (Fsp3) is 0.417. The molecule has 1 heterocycles. The zero-order chi connectivity index (χ0) is 23.6. The maximum atomic E-state index is 13.2. The molecule has 174 valence electrons. The Morgan fingerprint density at radius 3 is 2.45 bits per heavy atom. The molecular formula is C24H26ClN3O4S. The van der Waals surface area contributed by atoms with Crippen molar-refractivity contribution in [2.75, 3.05) is 25.0 Å². The number of rotatable bonds is 7. The molecule has 0 bridgehead atoms. The molecule has 0 spiro atoms. The van der Waals surface area contributed by atoms with Crippen molar-refractivity contribution in [1.82, 2.24) is 4.31 Å². The van der Waals surface area contributed by atoms with Crippen molar-refractivity contribution in [2.24, 2.45) is 5.92 Å². The Morgan fingerprint density at radius 1 is 1.21 bits per heavy atom. The number of sulfonamides is 1. The number of hydrogen-bond donors (Lipinski definition) is 1. The third-order valence-electron chi connectivity index (χ3n) is 6.32. The normalized spacial score (nSPS) is 18.3. The number of piperidine rings is 1. The number of nitriles is 1. The lowest BCUT2D eigenvalue weighted by atomic mass is 9.96. The van der Waals surface area contributed by atoms with Crippen LogP contribution in [0, 0.1) is 17.2 Å². The number of hydrogen-bond acceptors (Lipinski definition) is 5. The van der Waals surface area contributed by atoms with Gasteiger partial charge in [0.2, 0.25) is 15.9 Å². The van der Waals surface area contributed by atoms with Gasteiger partial charge in [0.15, 0.2) is 0 Å². The van der Waals surface area contributed by atoms with Crippen LogP contribution >= 0.6 is 11.6 Å². The van der Waals surface area contributed by atoms with Gasteiger partial charge in [-0.05, 0) is 68.5 Å². The van der Waals surface area contributed by atoms with Crippen LogP contribution in [0.5, 0.6) is 5.75 Å². The number of ether oxygens (including phenoxy) is 1. The highest BCUT2D eigenvalue weighted by molar-refractivity contribution is 7.89. The molecule has 1 saturated carbocycles. The summed E-state index contributed by atoms with van der Waals surface area (Å²) in [4.78, 5) is 12.8. The summed E-state index contributed by atoms with van der Waals surface area (Å²) in [5.41, 5.74) is 1.30. The Balaban J connectivity index is 1.38. The lowest BCUT2D eigenvalue weighted by Gasteiger charge is -2.31. The van der Waals surface area contributed by atoms with Gasteiger partial charge in [-0.25, -0.2) is 8.42 Å². The van der Waals surface area contributed by atoms with Crippen molar-refractivity contribution < 1.29 is 17.9 Å². The smallest absolute Gasteiger partial charge is 0.246 e. The SMILES string of the molecule is CCOc1ccc(Cl)cc1S(=O)(=O)N1CCC(C(=O)Nc2ccc(C3(C#N)CC3)cc2)CC1. The van der Waals surface area contributed by atoms with Gasteiger partial charge in [-0.1, -0.05) is 23.7 Å². The van der Waals surface area contributed by atoms with Crippen molar-refractivity contribution >= 4 is 33.2 Å². The van der Waals surface area contributed by atoms with Gasteiger partial charge in [0.1, 0.15) is 10.6 Å². The number of halogens is 1. The minimum absolute atomic E-state index is 0.0469. The summed E-state index contributed by atoms with van der Waals surface area (Å²) < 4.78 is 33.3. The Bertz CT molecular complexity index is 1180. The third kappa shape index (κ3) is 4.86. The Hall–Kier alpha value is -2.60. The van der Waals surface area contributed by atoms with E-state index in [2.05, 4.69) is 11.4 Å². The number of amides is 1. The molecule has 9 heteroatoms. The maximum absolute atomic E-state index is 13.2. The number of benzene rings is 2. The zero-order valence-corrected chi connectivity index (χ0v) is 20.0. The minimum Gasteiger partial charge on any atom is -0.492 e. The molecule has 0 unspecified atom stereocenters. The average molecular weight is 488 g/mol. The van der Waals surface area contributed by atoms with Crippen molar-refractivity contribution in [3.8, 4) is 11.8 Å². The van der Waals surface area contributed by atoms with Crippen molar-refractivity contribution in [2.45, 2.75) is 42.9 Å². The van der Waals surface area contributed by atoms with Gasteiger partial charge < -0.3 is 10.1 Å². The molecule has 2 fully saturated rings. The average Bonchev–Trinajstić information content (AvgIpc) is 3.62. The van der Waals surface area contributed by atoms with E-state index in [1.807, 2.05) is 24.3 Å². The van der Waals surface area contributed by atoms with Crippen molar-refractivity contribution in [3.63, 3.8) is 0 Å². The number of nitrogens with one attached hydrogen (secondary N) is 1. The van der Waals surface area contributed by atoms with Crippen LogP contribution in [0.4, 0.5) is 5.69 Å². The number of anilines is 1. The highest BCUT2D eigenvalue weighted by Crippen LogP contribution is 2.47. The number of carbonyl (C=O) groups excluding carboxylic acids is 1. The topological polar surface area (TPSA) is 99.5 Å². The molecule has 1 N–H and O–H groups in total. The summed E-state index contributed by atoms with van der Waals surface area (Å²) in [6.45, 7) is 2.60. The Labute approximate surface area is 199 Å².